The molecule has 1 rings (SSSR count). The molecule has 1 aromatic rings. The van der Waals surface area contributed by atoms with Crippen molar-refractivity contribution in [1.82, 2.24) is 4.90 Å². The third kappa shape index (κ3) is 3.69. The number of amides is 2. The number of hydrogen-bond acceptors (Lipinski definition) is 2. The fourth-order valence-corrected chi connectivity index (χ4v) is 2.02. The maximum Gasteiger partial charge on any atom is 0.329 e. The predicted octanol–water partition coefficient (Wildman–Crippen LogP) is 3.44. The van der Waals surface area contributed by atoms with Gasteiger partial charge in [0.1, 0.15) is 17.2 Å². The fraction of sp³-hybridized carbons (Fsp3) is 0.385. The van der Waals surface area contributed by atoms with Crippen molar-refractivity contribution >= 4 is 33.6 Å². The molecule has 0 saturated heterocycles. The quantitative estimate of drug-likeness (QED) is 0.804. The van der Waals surface area contributed by atoms with Gasteiger partial charge in [0.25, 0.3) is 0 Å². The highest BCUT2D eigenvalue weighted by Crippen LogP contribution is 2.24. The lowest BCUT2D eigenvalue weighted by atomic mass is 10.0. The second kappa shape index (κ2) is 6.38. The van der Waals surface area contributed by atoms with Crippen LogP contribution in [0.15, 0.2) is 16.6 Å². The summed E-state index contributed by atoms with van der Waals surface area (Å²) in [7, 11) is 0. The van der Waals surface area contributed by atoms with E-state index in [-0.39, 0.29) is 16.7 Å². The lowest BCUT2D eigenvalue weighted by molar-refractivity contribution is -0.147. The van der Waals surface area contributed by atoms with Crippen molar-refractivity contribution < 1.29 is 23.5 Å². The number of benzene rings is 1. The maximum atomic E-state index is 13.7. The van der Waals surface area contributed by atoms with Crippen molar-refractivity contribution in [3.8, 4) is 0 Å². The largest absolute Gasteiger partial charge is 0.480 e. The molecule has 1 aromatic carbocycles. The monoisotopic (exact) mass is 364 g/mol. The Morgan fingerprint density at radius 1 is 1.33 bits per heavy atom. The molecule has 0 atom stereocenters. The van der Waals surface area contributed by atoms with E-state index < -0.39 is 29.2 Å². The highest BCUT2D eigenvalue weighted by molar-refractivity contribution is 9.10. The average Bonchev–Trinajstić information content (AvgIpc) is 2.36. The Hall–Kier alpha value is -1.70. The van der Waals surface area contributed by atoms with Gasteiger partial charge in [-0.05, 0) is 42.8 Å². The number of halogens is 3. The minimum absolute atomic E-state index is 0.0730. The van der Waals surface area contributed by atoms with Crippen molar-refractivity contribution in [2.45, 2.75) is 26.3 Å². The third-order valence-corrected chi connectivity index (χ3v) is 3.62. The van der Waals surface area contributed by atoms with E-state index in [1.165, 1.54) is 13.8 Å². The van der Waals surface area contributed by atoms with Gasteiger partial charge in [0.05, 0.1) is 10.2 Å². The normalized spacial score (nSPS) is 11.1. The average molecular weight is 365 g/mol. The van der Waals surface area contributed by atoms with Crippen molar-refractivity contribution in [3.63, 3.8) is 0 Å². The molecule has 116 valence electrons. The molecule has 0 heterocycles. The number of urea groups is 1. The molecule has 0 aliphatic carbocycles. The van der Waals surface area contributed by atoms with Crippen LogP contribution in [0.25, 0.3) is 0 Å². The van der Waals surface area contributed by atoms with Gasteiger partial charge in [-0.1, -0.05) is 0 Å². The van der Waals surface area contributed by atoms with Gasteiger partial charge in [-0.15, -0.1) is 0 Å². The zero-order valence-corrected chi connectivity index (χ0v) is 13.3. The molecule has 0 saturated carbocycles. The summed E-state index contributed by atoms with van der Waals surface area (Å²) in [6.45, 7) is 4.36. The molecular formula is C13H15BrF2N2O3. The highest BCUT2D eigenvalue weighted by atomic mass is 79.9. The van der Waals surface area contributed by atoms with E-state index in [1.54, 1.807) is 6.92 Å². The minimum Gasteiger partial charge on any atom is -0.480 e. The summed E-state index contributed by atoms with van der Waals surface area (Å²) in [6.07, 6.45) is 0. The van der Waals surface area contributed by atoms with E-state index in [9.17, 15) is 18.4 Å². The lowest BCUT2D eigenvalue weighted by Crippen LogP contribution is -2.54. The van der Waals surface area contributed by atoms with Crippen LogP contribution >= 0.6 is 15.9 Å². The number of carbonyl (C=O) groups is 2. The Labute approximate surface area is 129 Å². The van der Waals surface area contributed by atoms with E-state index >= 15 is 0 Å². The van der Waals surface area contributed by atoms with E-state index in [0.29, 0.717) is 0 Å². The van der Waals surface area contributed by atoms with E-state index in [1.807, 2.05) is 0 Å². The first-order valence-corrected chi connectivity index (χ1v) is 6.87. The lowest BCUT2D eigenvalue weighted by Gasteiger charge is -2.34. The summed E-state index contributed by atoms with van der Waals surface area (Å²) in [5, 5.41) is 11.3. The van der Waals surface area contributed by atoms with E-state index in [4.69, 9.17) is 5.11 Å². The molecule has 21 heavy (non-hydrogen) atoms. The molecule has 0 spiro atoms. The van der Waals surface area contributed by atoms with Gasteiger partial charge in [-0.25, -0.2) is 18.4 Å². The summed E-state index contributed by atoms with van der Waals surface area (Å²) >= 11 is 2.82. The number of anilines is 1. The van der Waals surface area contributed by atoms with Gasteiger partial charge in [0.15, 0.2) is 0 Å². The first-order chi connectivity index (χ1) is 9.61. The summed E-state index contributed by atoms with van der Waals surface area (Å²) in [4.78, 5) is 24.3. The number of nitrogens with one attached hydrogen (secondary N) is 1. The molecule has 2 N–H and O–H groups in total. The molecule has 0 aliphatic heterocycles. The zero-order chi connectivity index (χ0) is 16.4. The van der Waals surface area contributed by atoms with Gasteiger partial charge in [0, 0.05) is 12.6 Å². The van der Waals surface area contributed by atoms with Crippen LogP contribution in [0.1, 0.15) is 20.8 Å². The van der Waals surface area contributed by atoms with Crippen LogP contribution in [0.4, 0.5) is 19.3 Å². The molecule has 0 aromatic heterocycles. The Balaban J connectivity index is 3.04. The standard InChI is InChI=1S/C13H15BrF2N2O3/c1-4-18(13(2,3)11(19)20)12(21)17-10-6-8(15)7(14)5-9(10)16/h5-6H,4H2,1-3H3,(H,17,21)(H,19,20). The smallest absolute Gasteiger partial charge is 0.329 e. The van der Waals surface area contributed by atoms with Gasteiger partial charge in [-0.3, -0.25) is 0 Å². The van der Waals surface area contributed by atoms with Crippen molar-refractivity contribution in [2.75, 3.05) is 11.9 Å². The first kappa shape index (κ1) is 17.4. The number of hydrogen-bond donors (Lipinski definition) is 2. The van der Waals surface area contributed by atoms with Crippen molar-refractivity contribution in [2.24, 2.45) is 0 Å². The number of rotatable bonds is 4. The van der Waals surface area contributed by atoms with Crippen LogP contribution in [0.5, 0.6) is 0 Å². The molecule has 2 amide bonds. The SMILES string of the molecule is CCN(C(=O)Nc1cc(F)c(Br)cc1F)C(C)(C)C(=O)O. The fourth-order valence-electron chi connectivity index (χ4n) is 1.71. The van der Waals surface area contributed by atoms with Crippen molar-refractivity contribution in [1.29, 1.82) is 0 Å². The Morgan fingerprint density at radius 2 is 1.90 bits per heavy atom. The van der Waals surface area contributed by atoms with Gasteiger partial charge in [-0.2, -0.15) is 0 Å². The Bertz CT molecular complexity index is 579. The third-order valence-electron chi connectivity index (χ3n) is 3.01. The van der Waals surface area contributed by atoms with Crippen molar-refractivity contribution in [3.05, 3.63) is 28.2 Å². The summed E-state index contributed by atoms with van der Waals surface area (Å²) in [5.74, 6) is -2.78. The summed E-state index contributed by atoms with van der Waals surface area (Å²) in [5.41, 5.74) is -1.84. The number of carbonyl (C=O) groups excluding carboxylic acids is 1. The molecule has 0 fully saturated rings. The molecule has 0 radical (unpaired) electrons. The molecule has 0 aliphatic rings. The Morgan fingerprint density at radius 3 is 2.38 bits per heavy atom. The molecule has 8 heteroatoms. The van der Waals surface area contributed by atoms with Crippen LogP contribution in [0, 0.1) is 11.6 Å². The van der Waals surface area contributed by atoms with E-state index in [0.717, 1.165) is 17.0 Å². The number of aliphatic carboxylic acids is 1. The number of carboxylic acid groups (broad SMARTS) is 1. The van der Waals surface area contributed by atoms with Gasteiger partial charge in [0.2, 0.25) is 0 Å². The minimum atomic E-state index is -1.48. The molecular weight excluding hydrogens is 350 g/mol. The first-order valence-electron chi connectivity index (χ1n) is 6.07. The van der Waals surface area contributed by atoms with E-state index in [2.05, 4.69) is 21.2 Å². The van der Waals surface area contributed by atoms with Gasteiger partial charge >= 0.3 is 12.0 Å². The van der Waals surface area contributed by atoms with Crippen LogP contribution in [-0.4, -0.2) is 34.1 Å². The second-order valence-electron chi connectivity index (χ2n) is 4.78. The van der Waals surface area contributed by atoms with Crippen LogP contribution < -0.4 is 5.32 Å². The molecule has 0 bridgehead atoms. The van der Waals surface area contributed by atoms with Gasteiger partial charge < -0.3 is 15.3 Å². The van der Waals surface area contributed by atoms with Crippen LogP contribution in [0.3, 0.4) is 0 Å². The number of carboxylic acids is 1. The second-order valence-corrected chi connectivity index (χ2v) is 5.64. The maximum absolute atomic E-state index is 13.7. The zero-order valence-electron chi connectivity index (χ0n) is 11.7. The molecule has 0 unspecified atom stereocenters. The summed E-state index contributed by atoms with van der Waals surface area (Å²) in [6, 6.07) is 0.869. The Kier molecular flexibility index (Phi) is 5.27. The predicted molar refractivity (Wildman–Crippen MR) is 77.2 cm³/mol. The molecule has 5 nitrogen and oxygen atoms in total. The topological polar surface area (TPSA) is 69.6 Å². The number of likely N-dealkylation sites (N-methyl/N-ethyl adjacent to an activating group) is 1. The number of nitrogens with zero attached hydrogens (tertiary/aromatic N) is 1. The van der Waals surface area contributed by atoms with Crippen LogP contribution in [-0.2, 0) is 4.79 Å². The highest BCUT2D eigenvalue weighted by Gasteiger charge is 2.37. The summed E-state index contributed by atoms with van der Waals surface area (Å²) < 4.78 is 27.0. The van der Waals surface area contributed by atoms with Crippen LogP contribution in [0.2, 0.25) is 0 Å².